The molecule has 0 radical (unpaired) electrons. The zero-order valence-electron chi connectivity index (χ0n) is 12.4. The highest BCUT2D eigenvalue weighted by molar-refractivity contribution is 5.65. The van der Waals surface area contributed by atoms with E-state index in [9.17, 15) is 0 Å². The second kappa shape index (κ2) is 6.58. The second-order valence-corrected chi connectivity index (χ2v) is 5.96. The van der Waals surface area contributed by atoms with Crippen LogP contribution in [0.3, 0.4) is 0 Å². The molecule has 0 fully saturated rings. The van der Waals surface area contributed by atoms with E-state index in [-0.39, 0.29) is 5.54 Å². The van der Waals surface area contributed by atoms with Crippen LogP contribution in [0.1, 0.15) is 26.7 Å². The van der Waals surface area contributed by atoms with Crippen molar-refractivity contribution in [3.8, 4) is 11.1 Å². The van der Waals surface area contributed by atoms with Gasteiger partial charge in [-0.05, 0) is 49.9 Å². The quantitative estimate of drug-likeness (QED) is 0.767. The fourth-order valence-corrected chi connectivity index (χ4v) is 2.19. The molecular formula is C18H24N2. The first-order chi connectivity index (χ1) is 9.54. The molecule has 0 aliphatic rings. The Hall–Kier alpha value is -1.80. The van der Waals surface area contributed by atoms with Crippen molar-refractivity contribution < 1.29 is 0 Å². The zero-order valence-corrected chi connectivity index (χ0v) is 12.4. The van der Waals surface area contributed by atoms with E-state index in [0.717, 1.165) is 19.4 Å². The van der Waals surface area contributed by atoms with Gasteiger partial charge in [-0.1, -0.05) is 42.5 Å². The number of benzene rings is 2. The maximum absolute atomic E-state index is 5.97. The largest absolute Gasteiger partial charge is 0.385 e. The smallest absolute Gasteiger partial charge is 0.0340 e. The molecule has 2 nitrogen and oxygen atoms in total. The molecule has 0 bridgehead atoms. The third-order valence-electron chi connectivity index (χ3n) is 3.32. The molecule has 106 valence electrons. The Morgan fingerprint density at radius 1 is 0.900 bits per heavy atom. The normalized spacial score (nSPS) is 11.3. The molecule has 0 aliphatic carbocycles. The lowest BCUT2D eigenvalue weighted by Gasteiger charge is -2.18. The summed E-state index contributed by atoms with van der Waals surface area (Å²) in [4.78, 5) is 0. The van der Waals surface area contributed by atoms with Crippen molar-refractivity contribution in [1.82, 2.24) is 0 Å². The average molecular weight is 268 g/mol. The molecule has 0 heterocycles. The van der Waals surface area contributed by atoms with E-state index in [1.165, 1.54) is 16.8 Å². The maximum atomic E-state index is 5.97. The third-order valence-corrected chi connectivity index (χ3v) is 3.32. The Morgan fingerprint density at radius 2 is 1.50 bits per heavy atom. The molecule has 0 unspecified atom stereocenters. The first-order valence-corrected chi connectivity index (χ1v) is 7.23. The second-order valence-electron chi connectivity index (χ2n) is 5.96. The Kier molecular flexibility index (Phi) is 4.80. The highest BCUT2D eigenvalue weighted by Crippen LogP contribution is 2.21. The average Bonchev–Trinajstić information content (AvgIpc) is 2.44. The van der Waals surface area contributed by atoms with Crippen molar-refractivity contribution in [3.05, 3.63) is 54.6 Å². The monoisotopic (exact) mass is 268 g/mol. The fraction of sp³-hybridized carbons (Fsp3) is 0.333. The van der Waals surface area contributed by atoms with Gasteiger partial charge in [0.1, 0.15) is 0 Å². The Balaban J connectivity index is 1.86. The van der Waals surface area contributed by atoms with Crippen LogP contribution in [-0.2, 0) is 0 Å². The van der Waals surface area contributed by atoms with Crippen molar-refractivity contribution in [2.24, 2.45) is 5.73 Å². The molecule has 3 N–H and O–H groups in total. The van der Waals surface area contributed by atoms with Gasteiger partial charge in [0.25, 0.3) is 0 Å². The van der Waals surface area contributed by atoms with Crippen LogP contribution in [0.4, 0.5) is 5.69 Å². The number of hydrogen-bond donors (Lipinski definition) is 2. The van der Waals surface area contributed by atoms with Crippen molar-refractivity contribution >= 4 is 5.69 Å². The zero-order chi connectivity index (χ0) is 14.4. The Bertz CT molecular complexity index is 509. The van der Waals surface area contributed by atoms with Gasteiger partial charge in [-0.15, -0.1) is 0 Å². The minimum atomic E-state index is -0.0706. The lowest BCUT2D eigenvalue weighted by molar-refractivity contribution is 0.465. The molecule has 2 aromatic carbocycles. The van der Waals surface area contributed by atoms with E-state index in [1.807, 2.05) is 6.07 Å². The van der Waals surface area contributed by atoms with Gasteiger partial charge >= 0.3 is 0 Å². The van der Waals surface area contributed by atoms with Crippen LogP contribution in [0.25, 0.3) is 11.1 Å². The van der Waals surface area contributed by atoms with Crippen LogP contribution < -0.4 is 11.1 Å². The number of hydrogen-bond acceptors (Lipinski definition) is 2. The van der Waals surface area contributed by atoms with Gasteiger partial charge in [0.15, 0.2) is 0 Å². The predicted octanol–water partition coefficient (Wildman–Crippen LogP) is 4.28. The van der Waals surface area contributed by atoms with Crippen molar-refractivity contribution in [2.75, 3.05) is 11.9 Å². The molecular weight excluding hydrogens is 244 g/mol. The van der Waals surface area contributed by atoms with Crippen LogP contribution in [0.15, 0.2) is 54.6 Å². The summed E-state index contributed by atoms with van der Waals surface area (Å²) in [5, 5.41) is 3.44. The van der Waals surface area contributed by atoms with Crippen molar-refractivity contribution in [3.63, 3.8) is 0 Å². The molecule has 2 aromatic rings. The molecule has 20 heavy (non-hydrogen) atoms. The van der Waals surface area contributed by atoms with E-state index in [1.54, 1.807) is 0 Å². The van der Waals surface area contributed by atoms with Gasteiger partial charge in [0.2, 0.25) is 0 Å². The summed E-state index contributed by atoms with van der Waals surface area (Å²) in [5.41, 5.74) is 9.57. The lowest BCUT2D eigenvalue weighted by atomic mass is 10.0. The van der Waals surface area contributed by atoms with E-state index < -0.39 is 0 Å². The van der Waals surface area contributed by atoms with Gasteiger partial charge in [-0.2, -0.15) is 0 Å². The molecule has 2 rings (SSSR count). The molecule has 0 saturated carbocycles. The van der Waals surface area contributed by atoms with Gasteiger partial charge < -0.3 is 11.1 Å². The van der Waals surface area contributed by atoms with Crippen LogP contribution in [0.2, 0.25) is 0 Å². The van der Waals surface area contributed by atoms with E-state index in [2.05, 4.69) is 67.7 Å². The minimum Gasteiger partial charge on any atom is -0.385 e. The van der Waals surface area contributed by atoms with Gasteiger partial charge in [-0.25, -0.2) is 0 Å². The molecule has 2 heteroatoms. The third kappa shape index (κ3) is 4.71. The van der Waals surface area contributed by atoms with E-state index >= 15 is 0 Å². The summed E-state index contributed by atoms with van der Waals surface area (Å²) >= 11 is 0. The predicted molar refractivity (Wildman–Crippen MR) is 87.9 cm³/mol. The first-order valence-electron chi connectivity index (χ1n) is 7.23. The fourth-order valence-electron chi connectivity index (χ4n) is 2.19. The molecule has 0 atom stereocenters. The van der Waals surface area contributed by atoms with Crippen molar-refractivity contribution in [2.45, 2.75) is 32.2 Å². The Labute approximate surface area is 122 Å². The summed E-state index contributed by atoms with van der Waals surface area (Å²) in [5.74, 6) is 0. The molecule has 0 spiro atoms. The van der Waals surface area contributed by atoms with Crippen LogP contribution in [0.5, 0.6) is 0 Å². The number of anilines is 1. The summed E-state index contributed by atoms with van der Waals surface area (Å²) in [6, 6.07) is 19.0. The SMILES string of the molecule is CC(C)(N)CCCNc1ccc(-c2ccccc2)cc1. The van der Waals surface area contributed by atoms with Crippen LogP contribution >= 0.6 is 0 Å². The molecule has 0 aromatic heterocycles. The maximum Gasteiger partial charge on any atom is 0.0340 e. The van der Waals surface area contributed by atoms with Crippen LogP contribution in [-0.4, -0.2) is 12.1 Å². The number of nitrogens with two attached hydrogens (primary N) is 1. The van der Waals surface area contributed by atoms with Crippen LogP contribution in [0, 0.1) is 0 Å². The summed E-state index contributed by atoms with van der Waals surface area (Å²) < 4.78 is 0. The first kappa shape index (κ1) is 14.6. The van der Waals surface area contributed by atoms with E-state index in [4.69, 9.17) is 5.73 Å². The number of rotatable bonds is 6. The summed E-state index contributed by atoms with van der Waals surface area (Å²) in [6.45, 7) is 5.11. The minimum absolute atomic E-state index is 0.0706. The van der Waals surface area contributed by atoms with Crippen molar-refractivity contribution in [1.29, 1.82) is 0 Å². The highest BCUT2D eigenvalue weighted by atomic mass is 14.9. The summed E-state index contributed by atoms with van der Waals surface area (Å²) in [7, 11) is 0. The molecule has 0 aliphatic heterocycles. The van der Waals surface area contributed by atoms with Gasteiger partial charge in [-0.3, -0.25) is 0 Å². The topological polar surface area (TPSA) is 38.0 Å². The lowest BCUT2D eigenvalue weighted by Crippen LogP contribution is -2.32. The number of nitrogens with one attached hydrogen (secondary N) is 1. The van der Waals surface area contributed by atoms with E-state index in [0.29, 0.717) is 0 Å². The van der Waals surface area contributed by atoms with Gasteiger partial charge in [0.05, 0.1) is 0 Å². The highest BCUT2D eigenvalue weighted by Gasteiger charge is 2.08. The summed E-state index contributed by atoms with van der Waals surface area (Å²) in [6.07, 6.45) is 2.12. The van der Waals surface area contributed by atoms with Gasteiger partial charge in [0, 0.05) is 17.8 Å². The standard InChI is InChI=1S/C18H24N2/c1-18(2,19)13-6-14-20-17-11-9-16(10-12-17)15-7-4-3-5-8-15/h3-5,7-12,20H,6,13-14,19H2,1-2H3. The Morgan fingerprint density at radius 3 is 2.10 bits per heavy atom. The molecule has 0 saturated heterocycles. The molecule has 0 amide bonds.